The minimum absolute atomic E-state index is 0.102. The van der Waals surface area contributed by atoms with Crippen LogP contribution in [0.1, 0.15) is 42.9 Å². The number of amides is 1. The summed E-state index contributed by atoms with van der Waals surface area (Å²) in [6.45, 7) is 6.61. The molecule has 0 bridgehead atoms. The first kappa shape index (κ1) is 21.1. The molecular weight excluding hydrogens is 360 g/mol. The van der Waals surface area contributed by atoms with Crippen LogP contribution in [0.4, 0.5) is 5.69 Å². The standard InChI is InChI=1S/C21H28N2O3S/c1-16(2)19-9-11-20(12-10-19)22-21(24)13-14-23(27(4,25)26)15-18-7-5-17(3)6-8-18/h5-12,16H,13-15H2,1-4H3,(H,22,24). The lowest BCUT2D eigenvalue weighted by Gasteiger charge is -2.20. The first-order valence-electron chi connectivity index (χ1n) is 9.05. The molecule has 2 rings (SSSR count). The summed E-state index contributed by atoms with van der Waals surface area (Å²) >= 11 is 0. The van der Waals surface area contributed by atoms with E-state index < -0.39 is 10.0 Å². The number of aryl methyl sites for hydroxylation is 1. The smallest absolute Gasteiger partial charge is 0.225 e. The van der Waals surface area contributed by atoms with Crippen LogP contribution in [0, 0.1) is 6.92 Å². The van der Waals surface area contributed by atoms with E-state index >= 15 is 0 Å². The predicted molar refractivity (Wildman–Crippen MR) is 110 cm³/mol. The van der Waals surface area contributed by atoms with Crippen molar-refractivity contribution in [2.24, 2.45) is 0 Å². The van der Waals surface area contributed by atoms with Crippen molar-refractivity contribution >= 4 is 21.6 Å². The number of anilines is 1. The van der Waals surface area contributed by atoms with Crippen LogP contribution in [0.5, 0.6) is 0 Å². The molecule has 0 fully saturated rings. The summed E-state index contributed by atoms with van der Waals surface area (Å²) in [6, 6.07) is 15.4. The van der Waals surface area contributed by atoms with E-state index in [2.05, 4.69) is 19.2 Å². The summed E-state index contributed by atoms with van der Waals surface area (Å²) in [5, 5.41) is 2.83. The van der Waals surface area contributed by atoms with Gasteiger partial charge in [-0.2, -0.15) is 4.31 Å². The zero-order valence-corrected chi connectivity index (χ0v) is 17.2. The minimum atomic E-state index is -3.40. The van der Waals surface area contributed by atoms with E-state index in [0.717, 1.165) is 11.1 Å². The van der Waals surface area contributed by atoms with Gasteiger partial charge in [-0.3, -0.25) is 4.79 Å². The van der Waals surface area contributed by atoms with Crippen molar-refractivity contribution in [3.63, 3.8) is 0 Å². The third-order valence-electron chi connectivity index (χ3n) is 4.40. The first-order valence-corrected chi connectivity index (χ1v) is 10.9. The lowest BCUT2D eigenvalue weighted by atomic mass is 10.0. The molecule has 1 N–H and O–H groups in total. The number of benzene rings is 2. The van der Waals surface area contributed by atoms with E-state index in [-0.39, 0.29) is 25.4 Å². The molecule has 0 atom stereocenters. The van der Waals surface area contributed by atoms with Crippen LogP contribution in [0.15, 0.2) is 48.5 Å². The van der Waals surface area contributed by atoms with Crippen LogP contribution in [-0.2, 0) is 21.4 Å². The molecule has 0 aromatic heterocycles. The third kappa shape index (κ3) is 6.81. The zero-order valence-electron chi connectivity index (χ0n) is 16.4. The van der Waals surface area contributed by atoms with Gasteiger partial charge in [-0.25, -0.2) is 8.42 Å². The molecule has 6 heteroatoms. The maximum atomic E-state index is 12.2. The Hall–Kier alpha value is -2.18. The summed E-state index contributed by atoms with van der Waals surface area (Å²) < 4.78 is 25.5. The van der Waals surface area contributed by atoms with Gasteiger partial charge in [0, 0.05) is 25.2 Å². The van der Waals surface area contributed by atoms with Gasteiger partial charge >= 0.3 is 0 Å². The molecule has 0 heterocycles. The number of nitrogens with one attached hydrogen (secondary N) is 1. The topological polar surface area (TPSA) is 66.5 Å². The highest BCUT2D eigenvalue weighted by Crippen LogP contribution is 2.17. The number of carbonyl (C=O) groups is 1. The van der Waals surface area contributed by atoms with E-state index in [1.165, 1.54) is 16.1 Å². The van der Waals surface area contributed by atoms with Gasteiger partial charge in [0.25, 0.3) is 0 Å². The molecule has 1 amide bonds. The van der Waals surface area contributed by atoms with Crippen molar-refractivity contribution in [1.82, 2.24) is 4.31 Å². The second-order valence-electron chi connectivity index (χ2n) is 7.16. The molecule has 0 aliphatic heterocycles. The van der Waals surface area contributed by atoms with E-state index in [4.69, 9.17) is 0 Å². The lowest BCUT2D eigenvalue weighted by Crippen LogP contribution is -2.32. The molecule has 27 heavy (non-hydrogen) atoms. The maximum Gasteiger partial charge on any atom is 0.225 e. The molecule has 0 aliphatic rings. The highest BCUT2D eigenvalue weighted by Gasteiger charge is 2.18. The molecule has 0 aliphatic carbocycles. The lowest BCUT2D eigenvalue weighted by molar-refractivity contribution is -0.116. The number of sulfonamides is 1. The predicted octanol–water partition coefficient (Wildman–Crippen LogP) is 3.91. The van der Waals surface area contributed by atoms with Crippen LogP contribution in [0.2, 0.25) is 0 Å². The Bertz CT molecular complexity index is 857. The van der Waals surface area contributed by atoms with Crippen LogP contribution < -0.4 is 5.32 Å². The summed E-state index contributed by atoms with van der Waals surface area (Å²) in [6.07, 6.45) is 1.27. The van der Waals surface area contributed by atoms with E-state index in [9.17, 15) is 13.2 Å². The second-order valence-corrected chi connectivity index (χ2v) is 9.14. The number of hydrogen-bond donors (Lipinski definition) is 1. The van der Waals surface area contributed by atoms with Gasteiger partial charge in [-0.1, -0.05) is 55.8 Å². The number of hydrogen-bond acceptors (Lipinski definition) is 3. The molecule has 0 saturated heterocycles. The Kier molecular flexibility index (Phi) is 7.16. The van der Waals surface area contributed by atoms with Crippen molar-refractivity contribution in [1.29, 1.82) is 0 Å². The fourth-order valence-electron chi connectivity index (χ4n) is 2.66. The van der Waals surface area contributed by atoms with Gasteiger partial charge in [-0.15, -0.1) is 0 Å². The summed E-state index contributed by atoms with van der Waals surface area (Å²) in [7, 11) is -3.40. The average Bonchev–Trinajstić information content (AvgIpc) is 2.59. The Morgan fingerprint density at radius 3 is 2.15 bits per heavy atom. The average molecular weight is 389 g/mol. The van der Waals surface area contributed by atoms with Crippen LogP contribution in [0.3, 0.4) is 0 Å². The minimum Gasteiger partial charge on any atom is -0.326 e. The molecule has 0 spiro atoms. The molecule has 0 unspecified atom stereocenters. The van der Waals surface area contributed by atoms with Gasteiger partial charge in [-0.05, 0) is 36.1 Å². The van der Waals surface area contributed by atoms with E-state index in [0.29, 0.717) is 11.6 Å². The number of nitrogens with zero attached hydrogens (tertiary/aromatic N) is 1. The summed E-state index contributed by atoms with van der Waals surface area (Å²) in [5.74, 6) is 0.227. The molecule has 0 saturated carbocycles. The van der Waals surface area contributed by atoms with Crippen LogP contribution in [0.25, 0.3) is 0 Å². The van der Waals surface area contributed by atoms with Gasteiger partial charge in [0.1, 0.15) is 0 Å². The molecule has 2 aromatic rings. The molecule has 5 nitrogen and oxygen atoms in total. The summed E-state index contributed by atoms with van der Waals surface area (Å²) in [4.78, 5) is 12.2. The molecule has 0 radical (unpaired) electrons. The number of rotatable bonds is 8. The van der Waals surface area contributed by atoms with Crippen LogP contribution in [-0.4, -0.2) is 31.4 Å². The fraction of sp³-hybridized carbons (Fsp3) is 0.381. The molecule has 146 valence electrons. The Morgan fingerprint density at radius 2 is 1.63 bits per heavy atom. The fourth-order valence-corrected chi connectivity index (χ4v) is 3.47. The molecule has 2 aromatic carbocycles. The van der Waals surface area contributed by atoms with Crippen molar-refractivity contribution in [2.75, 3.05) is 18.1 Å². The monoisotopic (exact) mass is 388 g/mol. The third-order valence-corrected chi connectivity index (χ3v) is 5.65. The van der Waals surface area contributed by atoms with Crippen molar-refractivity contribution in [2.45, 2.75) is 39.7 Å². The normalized spacial score (nSPS) is 11.8. The highest BCUT2D eigenvalue weighted by atomic mass is 32.2. The maximum absolute atomic E-state index is 12.2. The first-order chi connectivity index (χ1) is 12.6. The summed E-state index contributed by atoms with van der Waals surface area (Å²) in [5.41, 5.74) is 3.94. The van der Waals surface area contributed by atoms with Gasteiger partial charge in [0.05, 0.1) is 6.26 Å². The quantitative estimate of drug-likeness (QED) is 0.746. The van der Waals surface area contributed by atoms with Gasteiger partial charge in [0.15, 0.2) is 0 Å². The highest BCUT2D eigenvalue weighted by molar-refractivity contribution is 7.88. The van der Waals surface area contributed by atoms with E-state index in [1.54, 1.807) is 0 Å². The van der Waals surface area contributed by atoms with E-state index in [1.807, 2.05) is 55.5 Å². The Morgan fingerprint density at radius 1 is 1.04 bits per heavy atom. The largest absolute Gasteiger partial charge is 0.326 e. The Balaban J connectivity index is 1.95. The van der Waals surface area contributed by atoms with Gasteiger partial charge in [0.2, 0.25) is 15.9 Å². The van der Waals surface area contributed by atoms with Crippen molar-refractivity contribution in [3.8, 4) is 0 Å². The zero-order chi connectivity index (χ0) is 20.0. The van der Waals surface area contributed by atoms with Crippen molar-refractivity contribution < 1.29 is 13.2 Å². The van der Waals surface area contributed by atoms with Crippen LogP contribution >= 0.6 is 0 Å². The Labute approximate surface area is 162 Å². The second kappa shape index (κ2) is 9.15. The SMILES string of the molecule is Cc1ccc(CN(CCC(=O)Nc2ccc(C(C)C)cc2)S(C)(=O)=O)cc1. The van der Waals surface area contributed by atoms with Crippen molar-refractivity contribution in [3.05, 3.63) is 65.2 Å². The van der Waals surface area contributed by atoms with Gasteiger partial charge < -0.3 is 5.32 Å². The molecular formula is C21H28N2O3S. The number of carbonyl (C=O) groups excluding carboxylic acids is 1.